The molecular weight excluding hydrogens is 365 g/mol. The Labute approximate surface area is 162 Å². The molecule has 1 fully saturated rings. The van der Waals surface area contributed by atoms with Crippen LogP contribution >= 0.6 is 36.2 Å². The lowest BCUT2D eigenvalue weighted by atomic mass is 9.84. The summed E-state index contributed by atoms with van der Waals surface area (Å²) in [6.07, 6.45) is 3.01. The predicted molar refractivity (Wildman–Crippen MR) is 107 cm³/mol. The van der Waals surface area contributed by atoms with Crippen LogP contribution in [0, 0.1) is 11.8 Å². The Kier molecular flexibility index (Phi) is 10.4. The van der Waals surface area contributed by atoms with E-state index in [0.717, 1.165) is 23.8 Å². The van der Waals surface area contributed by atoms with Gasteiger partial charge >= 0.3 is 0 Å². The number of hydrogen-bond acceptors (Lipinski definition) is 4. The first kappa shape index (κ1) is 23.6. The molecule has 1 saturated heterocycles. The molecular formula is C17H31Cl2N3OS. The third kappa shape index (κ3) is 7.26. The molecule has 1 aromatic rings. The van der Waals surface area contributed by atoms with Gasteiger partial charge in [-0.25, -0.2) is 4.98 Å². The van der Waals surface area contributed by atoms with Crippen LogP contribution in [0.4, 0.5) is 0 Å². The van der Waals surface area contributed by atoms with Gasteiger partial charge in [-0.3, -0.25) is 4.79 Å². The van der Waals surface area contributed by atoms with Crippen molar-refractivity contribution in [3.63, 3.8) is 0 Å². The highest BCUT2D eigenvalue weighted by molar-refractivity contribution is 7.09. The zero-order chi connectivity index (χ0) is 16.2. The molecule has 7 heteroatoms. The number of rotatable bonds is 5. The smallest absolute Gasteiger partial charge is 0.220 e. The van der Waals surface area contributed by atoms with Crippen molar-refractivity contribution in [3.05, 3.63) is 16.1 Å². The minimum absolute atomic E-state index is 0. The standard InChI is InChI=1S/C17H29N3OS.2ClH/c1-12(13-5-7-18-8-6-13)9-15(21)19-10-16-20-14(11-22-16)17(2,3)4;;/h11-13,18H,5-10H2,1-4H3,(H,19,21);2*1H. The van der Waals surface area contributed by atoms with Gasteiger partial charge in [-0.05, 0) is 37.8 Å². The lowest BCUT2D eigenvalue weighted by molar-refractivity contribution is -0.122. The van der Waals surface area contributed by atoms with Gasteiger partial charge in [-0.1, -0.05) is 27.7 Å². The van der Waals surface area contributed by atoms with Crippen molar-refractivity contribution in [2.75, 3.05) is 13.1 Å². The molecule has 4 nitrogen and oxygen atoms in total. The predicted octanol–water partition coefficient (Wildman–Crippen LogP) is 3.93. The highest BCUT2D eigenvalue weighted by atomic mass is 35.5. The minimum Gasteiger partial charge on any atom is -0.350 e. The molecule has 1 amide bonds. The van der Waals surface area contributed by atoms with Crippen molar-refractivity contribution in [2.45, 2.75) is 58.9 Å². The summed E-state index contributed by atoms with van der Waals surface area (Å²) in [5.74, 6) is 1.29. The Morgan fingerprint density at radius 1 is 1.38 bits per heavy atom. The topological polar surface area (TPSA) is 54.0 Å². The number of hydrogen-bond donors (Lipinski definition) is 2. The highest BCUT2D eigenvalue weighted by Gasteiger charge is 2.22. The average molecular weight is 396 g/mol. The van der Waals surface area contributed by atoms with Crippen LogP contribution in [-0.4, -0.2) is 24.0 Å². The molecule has 0 spiro atoms. The van der Waals surface area contributed by atoms with E-state index in [2.05, 4.69) is 48.7 Å². The lowest BCUT2D eigenvalue weighted by Gasteiger charge is -2.27. The Hall–Kier alpha value is -0.360. The molecule has 1 aliphatic heterocycles. The normalized spacial score (nSPS) is 16.7. The average Bonchev–Trinajstić information content (AvgIpc) is 2.95. The van der Waals surface area contributed by atoms with Gasteiger partial charge < -0.3 is 10.6 Å². The zero-order valence-corrected chi connectivity index (χ0v) is 17.5. The number of carbonyl (C=O) groups is 1. The highest BCUT2D eigenvalue weighted by Crippen LogP contribution is 2.25. The van der Waals surface area contributed by atoms with E-state index in [1.54, 1.807) is 11.3 Å². The summed E-state index contributed by atoms with van der Waals surface area (Å²) < 4.78 is 0. The molecule has 1 aromatic heterocycles. The number of nitrogens with zero attached hydrogens (tertiary/aromatic N) is 1. The monoisotopic (exact) mass is 395 g/mol. The number of amides is 1. The summed E-state index contributed by atoms with van der Waals surface area (Å²) in [4.78, 5) is 16.7. The fourth-order valence-corrected chi connectivity index (χ4v) is 3.82. The van der Waals surface area contributed by atoms with Crippen molar-refractivity contribution in [2.24, 2.45) is 11.8 Å². The number of halogens is 2. The van der Waals surface area contributed by atoms with Crippen LogP contribution in [0.1, 0.15) is 57.7 Å². The summed E-state index contributed by atoms with van der Waals surface area (Å²) in [7, 11) is 0. The van der Waals surface area contributed by atoms with E-state index in [1.807, 2.05) is 0 Å². The molecule has 1 atom stereocenters. The molecule has 1 aliphatic rings. The van der Waals surface area contributed by atoms with E-state index < -0.39 is 0 Å². The molecule has 0 saturated carbocycles. The number of thiazole rings is 1. The first-order chi connectivity index (χ1) is 10.4. The van der Waals surface area contributed by atoms with Crippen LogP contribution < -0.4 is 10.6 Å². The SMILES string of the molecule is CC(CC(=O)NCc1nc(C(C)(C)C)cs1)C1CCNCC1.Cl.Cl. The van der Waals surface area contributed by atoms with Crippen LogP contribution in [-0.2, 0) is 16.8 Å². The molecule has 0 bridgehead atoms. The quantitative estimate of drug-likeness (QED) is 0.793. The molecule has 2 rings (SSSR count). The van der Waals surface area contributed by atoms with Gasteiger partial charge in [0.05, 0.1) is 12.2 Å². The maximum Gasteiger partial charge on any atom is 0.220 e. The maximum absolute atomic E-state index is 12.1. The Balaban J connectivity index is 0.00000264. The van der Waals surface area contributed by atoms with Crippen molar-refractivity contribution in [3.8, 4) is 0 Å². The van der Waals surface area contributed by atoms with Gasteiger partial charge in [0.25, 0.3) is 0 Å². The summed E-state index contributed by atoms with van der Waals surface area (Å²) in [5.41, 5.74) is 1.17. The second kappa shape index (κ2) is 10.6. The molecule has 2 N–H and O–H groups in total. The van der Waals surface area contributed by atoms with Crippen molar-refractivity contribution in [1.82, 2.24) is 15.6 Å². The van der Waals surface area contributed by atoms with Gasteiger partial charge in [0, 0.05) is 17.2 Å². The number of aromatic nitrogens is 1. The molecule has 1 unspecified atom stereocenters. The van der Waals surface area contributed by atoms with Crippen LogP contribution in [0.15, 0.2) is 5.38 Å². The summed E-state index contributed by atoms with van der Waals surface area (Å²) in [6, 6.07) is 0. The van der Waals surface area contributed by atoms with Crippen molar-refractivity contribution < 1.29 is 4.79 Å². The summed E-state index contributed by atoms with van der Waals surface area (Å²) >= 11 is 1.63. The van der Waals surface area contributed by atoms with E-state index >= 15 is 0 Å². The van der Waals surface area contributed by atoms with Crippen LogP contribution in [0.3, 0.4) is 0 Å². The fraction of sp³-hybridized carbons (Fsp3) is 0.765. The number of nitrogens with one attached hydrogen (secondary N) is 2. The first-order valence-corrected chi connectivity index (χ1v) is 9.16. The van der Waals surface area contributed by atoms with E-state index in [0.29, 0.717) is 24.8 Å². The van der Waals surface area contributed by atoms with Gasteiger partial charge in [0.15, 0.2) is 0 Å². The first-order valence-electron chi connectivity index (χ1n) is 8.28. The molecule has 0 aliphatic carbocycles. The third-order valence-corrected chi connectivity index (χ3v) is 5.30. The van der Waals surface area contributed by atoms with Gasteiger partial charge in [-0.2, -0.15) is 0 Å². The Morgan fingerprint density at radius 2 is 2.00 bits per heavy atom. The van der Waals surface area contributed by atoms with Crippen molar-refractivity contribution >= 4 is 42.1 Å². The van der Waals surface area contributed by atoms with E-state index in [9.17, 15) is 4.79 Å². The second-order valence-electron chi connectivity index (χ2n) is 7.42. The maximum atomic E-state index is 12.1. The van der Waals surface area contributed by atoms with E-state index in [4.69, 9.17) is 0 Å². The number of piperidine rings is 1. The largest absolute Gasteiger partial charge is 0.350 e. The molecule has 140 valence electrons. The van der Waals surface area contributed by atoms with Gasteiger partial charge in [0.1, 0.15) is 5.01 Å². The van der Waals surface area contributed by atoms with Crippen LogP contribution in [0.2, 0.25) is 0 Å². The number of carbonyl (C=O) groups excluding carboxylic acids is 1. The molecule has 24 heavy (non-hydrogen) atoms. The van der Waals surface area contributed by atoms with Crippen LogP contribution in [0.25, 0.3) is 0 Å². The minimum atomic E-state index is 0. The van der Waals surface area contributed by atoms with Crippen molar-refractivity contribution in [1.29, 1.82) is 0 Å². The molecule has 0 radical (unpaired) electrons. The fourth-order valence-electron chi connectivity index (χ4n) is 2.86. The van der Waals surface area contributed by atoms with E-state index in [-0.39, 0.29) is 36.1 Å². The van der Waals surface area contributed by atoms with Gasteiger partial charge in [0.2, 0.25) is 5.91 Å². The van der Waals surface area contributed by atoms with E-state index in [1.165, 1.54) is 12.8 Å². The zero-order valence-electron chi connectivity index (χ0n) is 15.1. The third-order valence-electron chi connectivity index (χ3n) is 4.45. The molecule has 0 aromatic carbocycles. The van der Waals surface area contributed by atoms with Crippen LogP contribution in [0.5, 0.6) is 0 Å². The second-order valence-corrected chi connectivity index (χ2v) is 8.36. The Morgan fingerprint density at radius 3 is 2.54 bits per heavy atom. The molecule has 2 heterocycles. The van der Waals surface area contributed by atoms with Gasteiger partial charge in [-0.15, -0.1) is 36.2 Å². The summed E-state index contributed by atoms with van der Waals surface area (Å²) in [6.45, 7) is 11.4. The lowest BCUT2D eigenvalue weighted by Crippen LogP contribution is -2.33. The Bertz CT molecular complexity index is 496. The summed E-state index contributed by atoms with van der Waals surface area (Å²) in [5, 5.41) is 9.49.